The van der Waals surface area contributed by atoms with Crippen molar-refractivity contribution in [2.45, 2.75) is 26.6 Å². The molecule has 0 aliphatic rings. The van der Waals surface area contributed by atoms with Crippen molar-refractivity contribution in [2.24, 2.45) is 5.92 Å². The summed E-state index contributed by atoms with van der Waals surface area (Å²) in [5, 5.41) is 11.6. The molecule has 0 spiro atoms. The lowest BCUT2D eigenvalue weighted by atomic mass is 10.2. The Morgan fingerprint density at radius 1 is 1.41 bits per heavy atom. The molecule has 98 valence electrons. The highest BCUT2D eigenvalue weighted by atomic mass is 32.1. The highest BCUT2D eigenvalue weighted by molar-refractivity contribution is 7.09. The van der Waals surface area contributed by atoms with Crippen molar-refractivity contribution in [2.75, 3.05) is 19.8 Å². The zero-order valence-electron chi connectivity index (χ0n) is 10.4. The summed E-state index contributed by atoms with van der Waals surface area (Å²) in [4.78, 5) is 6.32. The van der Waals surface area contributed by atoms with Crippen molar-refractivity contribution in [3.05, 3.63) is 22.4 Å². The summed E-state index contributed by atoms with van der Waals surface area (Å²) < 4.78 is 5.38. The van der Waals surface area contributed by atoms with Crippen LogP contribution in [-0.4, -0.2) is 31.0 Å². The van der Waals surface area contributed by atoms with E-state index in [0.29, 0.717) is 32.3 Å². The fraction of sp³-hybridized carbons (Fsp3) is 0.667. The lowest BCUT2D eigenvalue weighted by Gasteiger charge is -2.12. The van der Waals surface area contributed by atoms with E-state index in [2.05, 4.69) is 19.3 Å². The molecular formula is C12H21NO3S. The number of hydrogen-bond donors (Lipinski definition) is 2. The summed E-state index contributed by atoms with van der Waals surface area (Å²) >= 11 is 1.65. The Hall–Kier alpha value is -0.460. The molecule has 0 bridgehead atoms. The van der Waals surface area contributed by atoms with Crippen LogP contribution >= 0.6 is 11.3 Å². The Morgan fingerprint density at radius 3 is 2.88 bits per heavy atom. The fourth-order valence-electron chi connectivity index (χ4n) is 1.13. The zero-order chi connectivity index (χ0) is 12.5. The molecule has 0 aromatic carbocycles. The fourth-order valence-corrected chi connectivity index (χ4v) is 1.77. The summed E-state index contributed by atoms with van der Waals surface area (Å²) in [6.45, 7) is 6.04. The van der Waals surface area contributed by atoms with E-state index in [1.165, 1.54) is 4.88 Å². The smallest absolute Gasteiger partial charge is 0.0921 e. The van der Waals surface area contributed by atoms with E-state index in [9.17, 15) is 5.11 Å². The van der Waals surface area contributed by atoms with Crippen LogP contribution < -0.4 is 5.48 Å². The van der Waals surface area contributed by atoms with Crippen molar-refractivity contribution in [3.63, 3.8) is 0 Å². The predicted molar refractivity (Wildman–Crippen MR) is 68.8 cm³/mol. The summed E-state index contributed by atoms with van der Waals surface area (Å²) in [5.74, 6) is 0.481. The van der Waals surface area contributed by atoms with Gasteiger partial charge in [-0.1, -0.05) is 19.9 Å². The molecule has 0 amide bonds. The van der Waals surface area contributed by atoms with Crippen molar-refractivity contribution in [1.82, 2.24) is 5.48 Å². The first-order chi connectivity index (χ1) is 8.18. The number of hydroxylamine groups is 1. The van der Waals surface area contributed by atoms with Gasteiger partial charge in [0.1, 0.15) is 0 Å². The molecule has 1 heterocycles. The molecule has 4 nitrogen and oxygen atoms in total. The summed E-state index contributed by atoms with van der Waals surface area (Å²) in [5.41, 5.74) is 2.73. The largest absolute Gasteiger partial charge is 0.389 e. The molecule has 1 atom stereocenters. The molecule has 0 saturated heterocycles. The number of ether oxygens (including phenoxy) is 1. The van der Waals surface area contributed by atoms with Gasteiger partial charge in [-0.2, -0.15) is 5.48 Å². The maximum Gasteiger partial charge on any atom is 0.0921 e. The second-order valence-electron chi connectivity index (χ2n) is 4.30. The van der Waals surface area contributed by atoms with E-state index < -0.39 is 6.10 Å². The minimum Gasteiger partial charge on any atom is -0.389 e. The van der Waals surface area contributed by atoms with Crippen LogP contribution in [0.5, 0.6) is 0 Å². The second-order valence-corrected chi connectivity index (χ2v) is 5.33. The van der Waals surface area contributed by atoms with Crippen LogP contribution in [0.1, 0.15) is 18.7 Å². The van der Waals surface area contributed by atoms with Gasteiger partial charge in [-0.15, -0.1) is 11.3 Å². The third-order valence-corrected chi connectivity index (χ3v) is 2.82. The quantitative estimate of drug-likeness (QED) is 0.524. The molecule has 0 radical (unpaired) electrons. The van der Waals surface area contributed by atoms with Gasteiger partial charge in [-0.3, -0.25) is 0 Å². The molecule has 0 fully saturated rings. The van der Waals surface area contributed by atoms with Crippen molar-refractivity contribution in [3.8, 4) is 0 Å². The van der Waals surface area contributed by atoms with E-state index in [4.69, 9.17) is 9.57 Å². The van der Waals surface area contributed by atoms with Gasteiger partial charge in [0, 0.05) is 11.4 Å². The molecule has 1 rings (SSSR count). The molecule has 17 heavy (non-hydrogen) atoms. The Bertz CT molecular complexity index is 277. The molecule has 2 N–H and O–H groups in total. The molecule has 5 heteroatoms. The molecule has 0 aliphatic heterocycles. The highest BCUT2D eigenvalue weighted by Crippen LogP contribution is 2.09. The van der Waals surface area contributed by atoms with Crippen LogP contribution in [0.15, 0.2) is 17.5 Å². The van der Waals surface area contributed by atoms with E-state index in [1.54, 1.807) is 11.3 Å². The molecular weight excluding hydrogens is 238 g/mol. The summed E-state index contributed by atoms with van der Waals surface area (Å²) in [6, 6.07) is 4.00. The number of thiophene rings is 1. The third-order valence-electron chi connectivity index (χ3n) is 1.97. The monoisotopic (exact) mass is 259 g/mol. The molecule has 0 aliphatic carbocycles. The Labute approximate surface area is 107 Å². The number of nitrogens with one attached hydrogen (secondary N) is 1. The Balaban J connectivity index is 1.96. The van der Waals surface area contributed by atoms with Crippen LogP contribution in [0.2, 0.25) is 0 Å². The van der Waals surface area contributed by atoms with Gasteiger partial charge in [0.25, 0.3) is 0 Å². The first-order valence-electron chi connectivity index (χ1n) is 5.81. The number of aliphatic hydroxyl groups is 1. The zero-order valence-corrected chi connectivity index (χ0v) is 11.2. The summed E-state index contributed by atoms with van der Waals surface area (Å²) in [7, 11) is 0. The van der Waals surface area contributed by atoms with Crippen LogP contribution in [0.3, 0.4) is 0 Å². The first-order valence-corrected chi connectivity index (χ1v) is 6.69. The van der Waals surface area contributed by atoms with Gasteiger partial charge in [-0.25, -0.2) is 0 Å². The molecule has 1 aromatic rings. The van der Waals surface area contributed by atoms with Crippen LogP contribution in [0.25, 0.3) is 0 Å². The van der Waals surface area contributed by atoms with E-state index in [-0.39, 0.29) is 0 Å². The van der Waals surface area contributed by atoms with E-state index >= 15 is 0 Å². The average molecular weight is 259 g/mol. The number of aliphatic hydroxyl groups excluding tert-OH is 1. The lowest BCUT2D eigenvalue weighted by Crippen LogP contribution is -2.31. The standard InChI is InChI=1S/C12H21NO3S/c1-10(2)7-16-13-6-11(14)8-15-9-12-4-3-5-17-12/h3-5,10-11,13-14H,6-9H2,1-2H3. The third kappa shape index (κ3) is 7.46. The average Bonchev–Trinajstić information content (AvgIpc) is 2.77. The highest BCUT2D eigenvalue weighted by Gasteiger charge is 2.04. The Kier molecular flexibility index (Phi) is 7.39. The summed E-state index contributed by atoms with van der Waals surface area (Å²) in [6.07, 6.45) is -0.540. The van der Waals surface area contributed by atoms with Crippen molar-refractivity contribution in [1.29, 1.82) is 0 Å². The van der Waals surface area contributed by atoms with Gasteiger partial charge in [0.2, 0.25) is 0 Å². The van der Waals surface area contributed by atoms with Crippen molar-refractivity contribution >= 4 is 11.3 Å². The van der Waals surface area contributed by atoms with Crippen molar-refractivity contribution < 1.29 is 14.7 Å². The van der Waals surface area contributed by atoms with Gasteiger partial charge < -0.3 is 14.7 Å². The maximum absolute atomic E-state index is 9.58. The maximum atomic E-state index is 9.58. The molecule has 1 unspecified atom stereocenters. The second kappa shape index (κ2) is 8.60. The molecule has 1 aromatic heterocycles. The van der Waals surface area contributed by atoms with Gasteiger partial charge in [-0.05, 0) is 17.4 Å². The molecule has 0 saturated carbocycles. The topological polar surface area (TPSA) is 50.7 Å². The Morgan fingerprint density at radius 2 is 2.24 bits per heavy atom. The SMILES string of the molecule is CC(C)CONCC(O)COCc1cccs1. The van der Waals surface area contributed by atoms with Crippen LogP contribution in [0.4, 0.5) is 0 Å². The predicted octanol–water partition coefficient (Wildman–Crippen LogP) is 1.80. The van der Waals surface area contributed by atoms with Gasteiger partial charge in [0.15, 0.2) is 0 Å². The number of rotatable bonds is 9. The normalized spacial score (nSPS) is 13.2. The minimum absolute atomic E-state index is 0.315. The first kappa shape index (κ1) is 14.6. The van der Waals surface area contributed by atoms with Crippen LogP contribution in [0, 0.1) is 5.92 Å². The lowest BCUT2D eigenvalue weighted by molar-refractivity contribution is -0.0250. The van der Waals surface area contributed by atoms with Crippen LogP contribution in [-0.2, 0) is 16.2 Å². The minimum atomic E-state index is -0.540. The van der Waals surface area contributed by atoms with E-state index in [1.807, 2.05) is 17.5 Å². The van der Waals surface area contributed by atoms with Gasteiger partial charge in [0.05, 0.1) is 25.9 Å². The van der Waals surface area contributed by atoms with Gasteiger partial charge >= 0.3 is 0 Å². The van der Waals surface area contributed by atoms with E-state index in [0.717, 1.165) is 0 Å². The number of hydrogen-bond acceptors (Lipinski definition) is 5.